The maximum Gasteiger partial charge on any atom is 0.0958 e. The number of halogens is 1. The van der Waals surface area contributed by atoms with Gasteiger partial charge in [-0.05, 0) is 43.3 Å². The standard InChI is InChI=1S/C17H18BrN3/c1-19-15(10-13-5-4-6-14(18)9-13)11-21-12-20-16-7-2-3-8-17(16)21/h2-9,12,15,19H,10-11H2,1H3. The van der Waals surface area contributed by atoms with Gasteiger partial charge in [-0.3, -0.25) is 0 Å². The molecular weight excluding hydrogens is 326 g/mol. The van der Waals surface area contributed by atoms with E-state index in [4.69, 9.17) is 0 Å². The van der Waals surface area contributed by atoms with Gasteiger partial charge in [-0.15, -0.1) is 0 Å². The zero-order chi connectivity index (χ0) is 14.7. The van der Waals surface area contributed by atoms with Crippen molar-refractivity contribution in [1.29, 1.82) is 0 Å². The Bertz CT molecular complexity index is 735. The molecule has 0 bridgehead atoms. The predicted molar refractivity (Wildman–Crippen MR) is 90.4 cm³/mol. The highest BCUT2D eigenvalue weighted by molar-refractivity contribution is 9.10. The Hall–Kier alpha value is -1.65. The van der Waals surface area contributed by atoms with E-state index in [-0.39, 0.29) is 0 Å². The van der Waals surface area contributed by atoms with Crippen LogP contribution >= 0.6 is 15.9 Å². The first kappa shape index (κ1) is 14.3. The molecule has 0 saturated carbocycles. The number of nitrogens with one attached hydrogen (secondary N) is 1. The van der Waals surface area contributed by atoms with Crippen molar-refractivity contribution in [3.8, 4) is 0 Å². The Labute approximate surface area is 133 Å². The van der Waals surface area contributed by atoms with Crippen molar-refractivity contribution in [2.24, 2.45) is 0 Å². The van der Waals surface area contributed by atoms with Crippen LogP contribution in [0.2, 0.25) is 0 Å². The van der Waals surface area contributed by atoms with Crippen molar-refractivity contribution in [2.45, 2.75) is 19.0 Å². The van der Waals surface area contributed by atoms with E-state index in [1.807, 2.05) is 19.4 Å². The third-order valence-corrected chi connectivity index (χ3v) is 4.22. The Morgan fingerprint density at radius 1 is 1.19 bits per heavy atom. The second-order valence-electron chi connectivity index (χ2n) is 5.21. The largest absolute Gasteiger partial charge is 0.329 e. The summed E-state index contributed by atoms with van der Waals surface area (Å²) < 4.78 is 3.34. The van der Waals surface area contributed by atoms with Gasteiger partial charge in [0.25, 0.3) is 0 Å². The average molecular weight is 344 g/mol. The summed E-state index contributed by atoms with van der Waals surface area (Å²) in [6.45, 7) is 0.906. The smallest absolute Gasteiger partial charge is 0.0958 e. The Kier molecular flexibility index (Phi) is 4.36. The lowest BCUT2D eigenvalue weighted by atomic mass is 10.1. The number of imidazole rings is 1. The van der Waals surface area contributed by atoms with Gasteiger partial charge in [0.2, 0.25) is 0 Å². The number of hydrogen-bond donors (Lipinski definition) is 1. The van der Waals surface area contributed by atoms with Crippen molar-refractivity contribution < 1.29 is 0 Å². The third-order valence-electron chi connectivity index (χ3n) is 3.72. The first-order valence-electron chi connectivity index (χ1n) is 7.08. The molecule has 21 heavy (non-hydrogen) atoms. The molecule has 4 heteroatoms. The van der Waals surface area contributed by atoms with Crippen LogP contribution in [0.1, 0.15) is 5.56 Å². The molecule has 0 saturated heterocycles. The normalized spacial score (nSPS) is 12.7. The highest BCUT2D eigenvalue weighted by Crippen LogP contribution is 2.16. The first-order valence-corrected chi connectivity index (χ1v) is 7.87. The molecule has 1 aromatic heterocycles. The lowest BCUT2D eigenvalue weighted by Crippen LogP contribution is -2.32. The lowest BCUT2D eigenvalue weighted by molar-refractivity contribution is 0.484. The van der Waals surface area contributed by atoms with Crippen LogP contribution in [0.3, 0.4) is 0 Å². The Balaban J connectivity index is 1.78. The molecule has 3 rings (SSSR count). The summed E-state index contributed by atoms with van der Waals surface area (Å²) in [7, 11) is 2.02. The Morgan fingerprint density at radius 3 is 2.86 bits per heavy atom. The van der Waals surface area contributed by atoms with Crippen molar-refractivity contribution in [2.75, 3.05) is 7.05 Å². The zero-order valence-electron chi connectivity index (χ0n) is 12.0. The molecule has 0 aliphatic rings. The monoisotopic (exact) mass is 343 g/mol. The summed E-state index contributed by atoms with van der Waals surface area (Å²) in [5.41, 5.74) is 3.56. The van der Waals surface area contributed by atoms with Gasteiger partial charge in [0.05, 0.1) is 17.4 Å². The number of aromatic nitrogens is 2. The number of likely N-dealkylation sites (N-methyl/N-ethyl adjacent to an activating group) is 1. The molecule has 2 aromatic carbocycles. The van der Waals surface area contributed by atoms with E-state index >= 15 is 0 Å². The van der Waals surface area contributed by atoms with Crippen molar-refractivity contribution >= 4 is 27.0 Å². The van der Waals surface area contributed by atoms with Crippen molar-refractivity contribution in [3.05, 3.63) is 64.9 Å². The van der Waals surface area contributed by atoms with Gasteiger partial charge in [-0.2, -0.15) is 0 Å². The molecule has 0 amide bonds. The fourth-order valence-corrected chi connectivity index (χ4v) is 3.05. The predicted octanol–water partition coefficient (Wildman–Crippen LogP) is 3.63. The molecule has 3 nitrogen and oxygen atoms in total. The van der Waals surface area contributed by atoms with Gasteiger partial charge in [0, 0.05) is 17.1 Å². The number of hydrogen-bond acceptors (Lipinski definition) is 2. The van der Waals surface area contributed by atoms with Crippen LogP contribution in [0.25, 0.3) is 11.0 Å². The summed E-state index contributed by atoms with van der Waals surface area (Å²) in [6, 6.07) is 17.1. The van der Waals surface area contributed by atoms with Crippen LogP contribution < -0.4 is 5.32 Å². The molecule has 0 spiro atoms. The summed E-state index contributed by atoms with van der Waals surface area (Å²) in [5, 5.41) is 3.41. The molecular formula is C17H18BrN3. The number of nitrogens with zero attached hydrogens (tertiary/aromatic N) is 2. The molecule has 0 radical (unpaired) electrons. The molecule has 108 valence electrons. The van der Waals surface area contributed by atoms with Crippen LogP contribution in [0.5, 0.6) is 0 Å². The molecule has 0 aliphatic heterocycles. The van der Waals surface area contributed by atoms with Crippen LogP contribution in [-0.2, 0) is 13.0 Å². The molecule has 3 aromatic rings. The van der Waals surface area contributed by atoms with Crippen molar-refractivity contribution in [3.63, 3.8) is 0 Å². The second kappa shape index (κ2) is 6.41. The molecule has 0 aliphatic carbocycles. The van der Waals surface area contributed by atoms with Gasteiger partial charge >= 0.3 is 0 Å². The van der Waals surface area contributed by atoms with Gasteiger partial charge in [-0.1, -0.05) is 40.2 Å². The van der Waals surface area contributed by atoms with Crippen LogP contribution in [0.15, 0.2) is 59.3 Å². The minimum Gasteiger partial charge on any atom is -0.329 e. The van der Waals surface area contributed by atoms with Gasteiger partial charge in [0.1, 0.15) is 0 Å². The number of benzene rings is 2. The van der Waals surface area contributed by atoms with E-state index in [0.717, 1.165) is 23.0 Å². The highest BCUT2D eigenvalue weighted by atomic mass is 79.9. The van der Waals surface area contributed by atoms with E-state index in [1.54, 1.807) is 0 Å². The van der Waals surface area contributed by atoms with Crippen LogP contribution in [-0.4, -0.2) is 22.6 Å². The summed E-state index contributed by atoms with van der Waals surface area (Å²) in [5.74, 6) is 0. The van der Waals surface area contributed by atoms with E-state index < -0.39 is 0 Å². The topological polar surface area (TPSA) is 29.9 Å². The van der Waals surface area contributed by atoms with E-state index in [1.165, 1.54) is 11.1 Å². The Morgan fingerprint density at radius 2 is 2.05 bits per heavy atom. The van der Waals surface area contributed by atoms with Gasteiger partial charge < -0.3 is 9.88 Å². The van der Waals surface area contributed by atoms with E-state index in [9.17, 15) is 0 Å². The number of fused-ring (bicyclic) bond motifs is 1. The molecule has 1 unspecified atom stereocenters. The number of para-hydroxylation sites is 2. The fourth-order valence-electron chi connectivity index (χ4n) is 2.60. The highest BCUT2D eigenvalue weighted by Gasteiger charge is 2.10. The van der Waals surface area contributed by atoms with Crippen LogP contribution in [0, 0.1) is 0 Å². The van der Waals surface area contributed by atoms with Crippen LogP contribution in [0.4, 0.5) is 0 Å². The maximum atomic E-state index is 4.45. The SMILES string of the molecule is CNC(Cc1cccc(Br)c1)Cn1cnc2ccccc21. The summed E-state index contributed by atoms with van der Waals surface area (Å²) >= 11 is 3.53. The quantitative estimate of drug-likeness (QED) is 0.766. The van der Waals surface area contributed by atoms with E-state index in [0.29, 0.717) is 6.04 Å². The minimum absolute atomic E-state index is 0.372. The minimum atomic E-state index is 0.372. The summed E-state index contributed by atoms with van der Waals surface area (Å²) in [6.07, 6.45) is 2.92. The molecule has 1 atom stereocenters. The number of rotatable bonds is 5. The molecule has 1 heterocycles. The maximum absolute atomic E-state index is 4.45. The lowest BCUT2D eigenvalue weighted by Gasteiger charge is -2.17. The van der Waals surface area contributed by atoms with Crippen molar-refractivity contribution in [1.82, 2.24) is 14.9 Å². The average Bonchev–Trinajstić information content (AvgIpc) is 2.90. The zero-order valence-corrected chi connectivity index (χ0v) is 13.5. The fraction of sp³-hybridized carbons (Fsp3) is 0.235. The third kappa shape index (κ3) is 3.34. The van der Waals surface area contributed by atoms with Gasteiger partial charge in [-0.25, -0.2) is 4.98 Å². The second-order valence-corrected chi connectivity index (χ2v) is 6.12. The molecule has 1 N–H and O–H groups in total. The van der Waals surface area contributed by atoms with E-state index in [2.05, 4.69) is 73.3 Å². The molecule has 0 fully saturated rings. The first-order chi connectivity index (χ1) is 10.3. The van der Waals surface area contributed by atoms with Gasteiger partial charge in [0.15, 0.2) is 0 Å². The summed E-state index contributed by atoms with van der Waals surface area (Å²) in [4.78, 5) is 4.45.